The summed E-state index contributed by atoms with van der Waals surface area (Å²) in [5, 5.41) is 18.1. The fourth-order valence-electron chi connectivity index (χ4n) is 1.10. The number of phenolic OH excluding ortho intramolecular Hbond substituents is 1. The van der Waals surface area contributed by atoms with Crippen LogP contribution in [0.5, 0.6) is 5.75 Å². The summed E-state index contributed by atoms with van der Waals surface area (Å²) in [6, 6.07) is 1.87. The highest BCUT2D eigenvalue weighted by atomic mass is 79.9. The minimum atomic E-state index is -1.12. The van der Waals surface area contributed by atoms with Crippen molar-refractivity contribution in [1.82, 2.24) is 0 Å². The minimum Gasteiger partial charge on any atom is -0.507 e. The Bertz CT molecular complexity index is 355. The Morgan fingerprint density at radius 3 is 2.57 bits per heavy atom. The zero-order valence-electron chi connectivity index (χ0n) is 7.49. The lowest BCUT2D eigenvalue weighted by atomic mass is 10.0. The second kappa shape index (κ2) is 3.98. The van der Waals surface area contributed by atoms with E-state index in [1.54, 1.807) is 13.0 Å². The van der Waals surface area contributed by atoms with Gasteiger partial charge in [0.05, 0.1) is 4.47 Å². The van der Waals surface area contributed by atoms with E-state index in [0.29, 0.717) is 10.0 Å². The van der Waals surface area contributed by atoms with Crippen LogP contribution in [-0.4, -0.2) is 16.2 Å². The highest BCUT2D eigenvalue weighted by Crippen LogP contribution is 2.30. The fourth-order valence-corrected chi connectivity index (χ4v) is 1.33. The quantitative estimate of drug-likeness (QED) is 0.753. The van der Waals surface area contributed by atoms with Crippen molar-refractivity contribution in [2.75, 3.05) is 0 Å². The molecule has 4 N–H and O–H groups in total. The second-order valence-electron chi connectivity index (χ2n) is 2.99. The zero-order chi connectivity index (χ0) is 10.9. The molecule has 0 radical (unpaired) electrons. The van der Waals surface area contributed by atoms with Crippen LogP contribution in [0.4, 0.5) is 0 Å². The van der Waals surface area contributed by atoms with Gasteiger partial charge >= 0.3 is 5.97 Å². The Hall–Kier alpha value is -1.07. The zero-order valence-corrected chi connectivity index (χ0v) is 9.08. The summed E-state index contributed by atoms with van der Waals surface area (Å²) in [5.74, 6) is -1.12. The van der Waals surface area contributed by atoms with E-state index in [2.05, 4.69) is 15.9 Å². The van der Waals surface area contributed by atoms with Crippen molar-refractivity contribution >= 4 is 21.9 Å². The normalized spacial score (nSPS) is 12.5. The van der Waals surface area contributed by atoms with E-state index in [1.807, 2.05) is 0 Å². The number of hydrogen-bond donors (Lipinski definition) is 3. The molecule has 0 spiro atoms. The third kappa shape index (κ3) is 2.05. The minimum absolute atomic E-state index is 0.00306. The van der Waals surface area contributed by atoms with Crippen LogP contribution in [0.2, 0.25) is 0 Å². The van der Waals surface area contributed by atoms with Crippen LogP contribution in [0.25, 0.3) is 0 Å². The number of aryl methyl sites for hydroxylation is 1. The van der Waals surface area contributed by atoms with Gasteiger partial charge in [-0.2, -0.15) is 0 Å². The first kappa shape index (κ1) is 11.0. The largest absolute Gasteiger partial charge is 0.507 e. The molecule has 0 bridgehead atoms. The predicted molar refractivity (Wildman–Crippen MR) is 55.1 cm³/mol. The molecule has 1 atom stereocenters. The molecule has 1 unspecified atom stereocenters. The van der Waals surface area contributed by atoms with E-state index < -0.39 is 12.0 Å². The number of nitrogens with two attached hydrogens (primary N) is 1. The molecule has 0 fully saturated rings. The Labute approximate surface area is 89.5 Å². The number of halogens is 1. The van der Waals surface area contributed by atoms with Crippen molar-refractivity contribution in [2.45, 2.75) is 13.0 Å². The van der Waals surface area contributed by atoms with Gasteiger partial charge in [-0.3, -0.25) is 4.79 Å². The molecule has 76 valence electrons. The molecule has 5 heteroatoms. The second-order valence-corrected chi connectivity index (χ2v) is 3.78. The molecule has 0 aliphatic carbocycles. The van der Waals surface area contributed by atoms with Gasteiger partial charge in [-0.1, -0.05) is 6.07 Å². The SMILES string of the molecule is Cc1cc(C(N)C(=O)O)cc(O)c1Br. The van der Waals surface area contributed by atoms with Crippen molar-refractivity contribution in [3.63, 3.8) is 0 Å². The average molecular weight is 260 g/mol. The van der Waals surface area contributed by atoms with Gasteiger partial charge in [0.15, 0.2) is 0 Å². The van der Waals surface area contributed by atoms with E-state index in [0.717, 1.165) is 5.56 Å². The number of benzene rings is 1. The summed E-state index contributed by atoms with van der Waals surface area (Å²) < 4.78 is 0.554. The first-order valence-corrected chi connectivity index (χ1v) is 4.70. The average Bonchev–Trinajstić information content (AvgIpc) is 2.12. The van der Waals surface area contributed by atoms with Crippen LogP contribution >= 0.6 is 15.9 Å². The summed E-state index contributed by atoms with van der Waals surface area (Å²) >= 11 is 3.16. The lowest BCUT2D eigenvalue weighted by molar-refractivity contribution is -0.138. The van der Waals surface area contributed by atoms with Gasteiger partial charge in [-0.15, -0.1) is 0 Å². The molecule has 0 aromatic heterocycles. The summed E-state index contributed by atoms with van der Waals surface area (Å²) in [5.41, 5.74) is 6.53. The van der Waals surface area contributed by atoms with Crippen molar-refractivity contribution < 1.29 is 15.0 Å². The maximum Gasteiger partial charge on any atom is 0.325 e. The Morgan fingerprint density at radius 1 is 1.57 bits per heavy atom. The Morgan fingerprint density at radius 2 is 2.14 bits per heavy atom. The number of carboxylic acid groups (broad SMARTS) is 1. The fraction of sp³-hybridized carbons (Fsp3) is 0.222. The smallest absolute Gasteiger partial charge is 0.325 e. The van der Waals surface area contributed by atoms with Crippen molar-refractivity contribution in [3.8, 4) is 5.75 Å². The highest BCUT2D eigenvalue weighted by molar-refractivity contribution is 9.10. The topological polar surface area (TPSA) is 83.6 Å². The molecule has 1 aromatic carbocycles. The standard InChI is InChI=1S/C9H10BrNO3/c1-4-2-5(8(11)9(13)14)3-6(12)7(4)10/h2-3,8,12H,11H2,1H3,(H,13,14). The third-order valence-electron chi connectivity index (χ3n) is 1.88. The van der Waals surface area contributed by atoms with Crippen molar-refractivity contribution in [2.24, 2.45) is 5.73 Å². The van der Waals surface area contributed by atoms with E-state index in [1.165, 1.54) is 6.07 Å². The van der Waals surface area contributed by atoms with Crippen LogP contribution in [0.1, 0.15) is 17.2 Å². The molecule has 0 saturated carbocycles. The number of rotatable bonds is 2. The van der Waals surface area contributed by atoms with Crippen molar-refractivity contribution in [1.29, 1.82) is 0 Å². The van der Waals surface area contributed by atoms with Gasteiger partial charge in [0.1, 0.15) is 11.8 Å². The maximum atomic E-state index is 10.6. The Balaban J connectivity index is 3.19. The summed E-state index contributed by atoms with van der Waals surface area (Å²) in [6.07, 6.45) is 0. The summed E-state index contributed by atoms with van der Waals surface area (Å²) in [6.45, 7) is 1.75. The van der Waals surface area contributed by atoms with Gasteiger partial charge in [-0.05, 0) is 40.0 Å². The molecule has 0 heterocycles. The number of hydrogen-bond acceptors (Lipinski definition) is 3. The van der Waals surface area contributed by atoms with Crippen LogP contribution in [-0.2, 0) is 4.79 Å². The van der Waals surface area contributed by atoms with Crippen molar-refractivity contribution in [3.05, 3.63) is 27.7 Å². The van der Waals surface area contributed by atoms with E-state index >= 15 is 0 Å². The first-order chi connectivity index (χ1) is 6.43. The van der Waals surface area contributed by atoms with Crippen LogP contribution in [0.3, 0.4) is 0 Å². The number of aliphatic carboxylic acids is 1. The van der Waals surface area contributed by atoms with E-state index in [-0.39, 0.29) is 5.75 Å². The van der Waals surface area contributed by atoms with Crippen LogP contribution in [0.15, 0.2) is 16.6 Å². The van der Waals surface area contributed by atoms with Gasteiger partial charge in [-0.25, -0.2) is 0 Å². The van der Waals surface area contributed by atoms with Gasteiger partial charge in [0.2, 0.25) is 0 Å². The van der Waals surface area contributed by atoms with Crippen LogP contribution < -0.4 is 5.73 Å². The number of carboxylic acids is 1. The molecule has 0 aliphatic heterocycles. The summed E-state index contributed by atoms with van der Waals surface area (Å²) in [4.78, 5) is 10.6. The molecule has 1 rings (SSSR count). The van der Waals surface area contributed by atoms with Gasteiger partial charge in [0.25, 0.3) is 0 Å². The maximum absolute atomic E-state index is 10.6. The lowest BCUT2D eigenvalue weighted by Gasteiger charge is -2.10. The molecule has 1 aromatic rings. The molecule has 0 saturated heterocycles. The number of aromatic hydroxyl groups is 1. The van der Waals surface area contributed by atoms with Gasteiger partial charge < -0.3 is 15.9 Å². The molecule has 0 aliphatic rings. The molecule has 4 nitrogen and oxygen atoms in total. The number of phenols is 1. The molecule has 14 heavy (non-hydrogen) atoms. The van der Waals surface area contributed by atoms with Crippen LogP contribution in [0, 0.1) is 6.92 Å². The summed E-state index contributed by atoms with van der Waals surface area (Å²) in [7, 11) is 0. The number of carbonyl (C=O) groups is 1. The molecular weight excluding hydrogens is 250 g/mol. The third-order valence-corrected chi connectivity index (χ3v) is 2.91. The molecular formula is C9H10BrNO3. The monoisotopic (exact) mass is 259 g/mol. The predicted octanol–water partition coefficient (Wildman–Crippen LogP) is 1.55. The Kier molecular flexibility index (Phi) is 3.13. The van der Waals surface area contributed by atoms with E-state index in [4.69, 9.17) is 10.8 Å². The molecule has 0 amide bonds. The lowest BCUT2D eigenvalue weighted by Crippen LogP contribution is -2.20. The highest BCUT2D eigenvalue weighted by Gasteiger charge is 2.16. The first-order valence-electron chi connectivity index (χ1n) is 3.91. The van der Waals surface area contributed by atoms with E-state index in [9.17, 15) is 9.90 Å². The van der Waals surface area contributed by atoms with Gasteiger partial charge in [0, 0.05) is 0 Å².